The SMILES string of the molecule is COc1ncnc2sc(NC(=O)N3CCN(Cc4cc(F)ccc4O)CC3)nc12.O=C(O)C(F)(F)F. The van der Waals surface area contributed by atoms with Crippen LogP contribution in [0.2, 0.25) is 0 Å². The van der Waals surface area contributed by atoms with E-state index in [2.05, 4.69) is 25.2 Å². The maximum atomic E-state index is 13.4. The molecule has 11 nitrogen and oxygen atoms in total. The summed E-state index contributed by atoms with van der Waals surface area (Å²) in [5, 5.41) is 20.2. The second kappa shape index (κ2) is 11.3. The van der Waals surface area contributed by atoms with Crippen LogP contribution in [-0.2, 0) is 11.3 Å². The van der Waals surface area contributed by atoms with Gasteiger partial charge in [-0.3, -0.25) is 10.2 Å². The van der Waals surface area contributed by atoms with Gasteiger partial charge in [0, 0.05) is 38.3 Å². The van der Waals surface area contributed by atoms with Crippen molar-refractivity contribution in [1.82, 2.24) is 24.8 Å². The van der Waals surface area contributed by atoms with E-state index in [1.54, 1.807) is 4.90 Å². The molecule has 0 radical (unpaired) electrons. The van der Waals surface area contributed by atoms with Crippen LogP contribution >= 0.6 is 11.3 Å². The minimum absolute atomic E-state index is 0.0703. The number of aliphatic carboxylic acids is 1. The van der Waals surface area contributed by atoms with Crippen LogP contribution in [-0.4, -0.2) is 86.4 Å². The molecule has 3 N–H and O–H groups in total. The molecule has 3 aromatic rings. The first-order chi connectivity index (χ1) is 17.0. The summed E-state index contributed by atoms with van der Waals surface area (Å²) < 4.78 is 50.3. The van der Waals surface area contributed by atoms with Crippen LogP contribution in [0.15, 0.2) is 24.5 Å². The second-order valence-corrected chi connectivity index (χ2v) is 8.30. The summed E-state index contributed by atoms with van der Waals surface area (Å²) in [6.45, 7) is 2.67. The normalized spacial score (nSPS) is 14.2. The average Bonchev–Trinajstić information content (AvgIpc) is 3.24. The van der Waals surface area contributed by atoms with E-state index in [1.807, 2.05) is 0 Å². The highest BCUT2D eigenvalue weighted by molar-refractivity contribution is 7.22. The summed E-state index contributed by atoms with van der Waals surface area (Å²) in [5.41, 5.74) is 1.04. The molecule has 3 heterocycles. The number of nitrogens with zero attached hydrogens (tertiary/aromatic N) is 5. The molecule has 2 amide bonds. The number of thiazole rings is 1. The lowest BCUT2D eigenvalue weighted by Crippen LogP contribution is -2.49. The Bertz CT molecular complexity index is 1230. The monoisotopic (exact) mass is 532 g/mol. The maximum absolute atomic E-state index is 13.4. The fourth-order valence-corrected chi connectivity index (χ4v) is 3.93. The van der Waals surface area contributed by atoms with Gasteiger partial charge in [0.25, 0.3) is 0 Å². The number of methoxy groups -OCH3 is 1. The van der Waals surface area contributed by atoms with Gasteiger partial charge in [-0.1, -0.05) is 11.3 Å². The molecular weight excluding hydrogens is 512 g/mol. The van der Waals surface area contributed by atoms with Gasteiger partial charge in [0.1, 0.15) is 17.9 Å². The van der Waals surface area contributed by atoms with Crippen LogP contribution in [0.1, 0.15) is 5.56 Å². The molecule has 1 saturated heterocycles. The van der Waals surface area contributed by atoms with Crippen molar-refractivity contribution in [3.8, 4) is 11.6 Å². The van der Waals surface area contributed by atoms with Crippen molar-refractivity contribution < 1.29 is 42.1 Å². The number of rotatable bonds is 4. The number of carboxylic acids is 1. The Balaban J connectivity index is 0.000000454. The predicted octanol–water partition coefficient (Wildman–Crippen LogP) is 2.92. The molecule has 194 valence electrons. The molecule has 16 heteroatoms. The summed E-state index contributed by atoms with van der Waals surface area (Å²) in [5.74, 6) is -2.71. The van der Waals surface area contributed by atoms with Crippen LogP contribution in [0.25, 0.3) is 10.3 Å². The first kappa shape index (κ1) is 26.8. The number of halogens is 4. The summed E-state index contributed by atoms with van der Waals surface area (Å²) in [6, 6.07) is 3.67. The Kier molecular flexibility index (Phi) is 8.41. The van der Waals surface area contributed by atoms with Gasteiger partial charge >= 0.3 is 18.2 Å². The molecule has 0 unspecified atom stereocenters. The number of carboxylic acid groups (broad SMARTS) is 1. The number of ether oxygens (including phenoxy) is 1. The van der Waals surface area contributed by atoms with Crippen LogP contribution < -0.4 is 10.1 Å². The number of carbonyl (C=O) groups is 2. The zero-order chi connectivity index (χ0) is 26.5. The molecule has 0 aliphatic carbocycles. The summed E-state index contributed by atoms with van der Waals surface area (Å²) in [4.78, 5) is 38.3. The maximum Gasteiger partial charge on any atom is 0.490 e. The van der Waals surface area contributed by atoms with E-state index in [9.17, 15) is 27.5 Å². The third kappa shape index (κ3) is 6.88. The lowest BCUT2D eigenvalue weighted by Gasteiger charge is -2.34. The Morgan fingerprint density at radius 1 is 1.19 bits per heavy atom. The van der Waals surface area contributed by atoms with E-state index in [0.29, 0.717) is 59.6 Å². The Hall–Kier alpha value is -3.79. The van der Waals surface area contributed by atoms with Crippen molar-refractivity contribution in [2.45, 2.75) is 12.7 Å². The van der Waals surface area contributed by atoms with Crippen molar-refractivity contribution in [1.29, 1.82) is 0 Å². The third-order valence-electron chi connectivity index (χ3n) is 4.91. The number of carbonyl (C=O) groups excluding carboxylic acids is 1. The summed E-state index contributed by atoms with van der Waals surface area (Å²) in [6.07, 6.45) is -3.69. The topological polar surface area (TPSA) is 141 Å². The third-order valence-corrected chi connectivity index (χ3v) is 5.79. The van der Waals surface area contributed by atoms with E-state index in [4.69, 9.17) is 14.6 Å². The van der Waals surface area contributed by atoms with Crippen molar-refractivity contribution in [3.63, 3.8) is 0 Å². The molecule has 1 fully saturated rings. The standard InChI is InChI=1S/C18H19FN6O3S.C2HF3O2/c1-28-15-14-16(21-10-20-15)29-17(22-14)23-18(27)25-6-4-24(5-7-25)9-11-8-12(19)2-3-13(11)26;3-2(4,5)1(6)7/h2-3,8,10,26H,4-7,9H2,1H3,(H,22,23,27);(H,6,7). The first-order valence-corrected chi connectivity index (χ1v) is 11.0. The Labute approximate surface area is 205 Å². The Morgan fingerprint density at radius 2 is 1.86 bits per heavy atom. The number of amides is 2. The average molecular weight is 532 g/mol. The fraction of sp³-hybridized carbons (Fsp3) is 0.350. The number of nitrogens with one attached hydrogen (secondary N) is 1. The molecule has 0 saturated carbocycles. The number of phenolic OH excluding ortho intramolecular Hbond substituents is 1. The molecule has 0 bridgehead atoms. The molecule has 4 rings (SSSR count). The zero-order valence-electron chi connectivity index (χ0n) is 18.6. The van der Waals surface area contributed by atoms with Gasteiger partial charge in [-0.05, 0) is 18.2 Å². The number of fused-ring (bicyclic) bond motifs is 1. The predicted molar refractivity (Wildman–Crippen MR) is 119 cm³/mol. The van der Waals surface area contributed by atoms with Crippen LogP contribution in [0.5, 0.6) is 11.6 Å². The number of alkyl halides is 3. The largest absolute Gasteiger partial charge is 0.508 e. The summed E-state index contributed by atoms with van der Waals surface area (Å²) >= 11 is 1.25. The molecule has 2 aromatic heterocycles. The van der Waals surface area contributed by atoms with E-state index < -0.39 is 12.1 Å². The number of piperazine rings is 1. The highest BCUT2D eigenvalue weighted by Gasteiger charge is 2.38. The number of anilines is 1. The number of hydrogen-bond acceptors (Lipinski definition) is 9. The molecule has 0 spiro atoms. The second-order valence-electron chi connectivity index (χ2n) is 7.33. The van der Waals surface area contributed by atoms with Crippen LogP contribution in [0, 0.1) is 5.82 Å². The zero-order valence-corrected chi connectivity index (χ0v) is 19.4. The smallest absolute Gasteiger partial charge is 0.490 e. The van der Waals surface area contributed by atoms with E-state index in [-0.39, 0.29) is 17.6 Å². The highest BCUT2D eigenvalue weighted by atomic mass is 32.1. The first-order valence-electron chi connectivity index (χ1n) is 10.2. The van der Waals surface area contributed by atoms with E-state index >= 15 is 0 Å². The van der Waals surface area contributed by atoms with Crippen molar-refractivity contribution in [2.24, 2.45) is 0 Å². The molecule has 1 aliphatic rings. The van der Waals surface area contributed by atoms with E-state index in [1.165, 1.54) is 43.0 Å². The van der Waals surface area contributed by atoms with Crippen molar-refractivity contribution >= 4 is 38.8 Å². The van der Waals surface area contributed by atoms with Gasteiger partial charge in [-0.15, -0.1) is 0 Å². The molecule has 36 heavy (non-hydrogen) atoms. The summed E-state index contributed by atoms with van der Waals surface area (Å²) in [7, 11) is 1.50. The Morgan fingerprint density at radius 3 is 2.47 bits per heavy atom. The number of hydrogen-bond donors (Lipinski definition) is 3. The highest BCUT2D eigenvalue weighted by Crippen LogP contribution is 2.29. The fourth-order valence-electron chi connectivity index (χ4n) is 3.14. The number of aromatic hydroxyl groups is 1. The van der Waals surface area contributed by atoms with Gasteiger partial charge in [0.15, 0.2) is 15.5 Å². The van der Waals surface area contributed by atoms with Crippen LogP contribution in [0.4, 0.5) is 27.5 Å². The lowest BCUT2D eigenvalue weighted by molar-refractivity contribution is -0.192. The van der Waals surface area contributed by atoms with Crippen LogP contribution in [0.3, 0.4) is 0 Å². The molecular formula is C20H20F4N6O5S. The van der Waals surface area contributed by atoms with Gasteiger partial charge in [0.05, 0.1) is 7.11 Å². The quantitative estimate of drug-likeness (QED) is 0.433. The van der Waals surface area contributed by atoms with Gasteiger partial charge in [-0.2, -0.15) is 18.2 Å². The molecule has 1 aliphatic heterocycles. The van der Waals surface area contributed by atoms with Gasteiger partial charge < -0.3 is 19.8 Å². The van der Waals surface area contributed by atoms with Crippen molar-refractivity contribution in [3.05, 3.63) is 35.9 Å². The van der Waals surface area contributed by atoms with Gasteiger partial charge in [-0.25, -0.2) is 23.9 Å². The number of benzene rings is 1. The van der Waals surface area contributed by atoms with Crippen molar-refractivity contribution in [2.75, 3.05) is 38.6 Å². The number of aromatic nitrogens is 3. The number of urea groups is 1. The molecule has 1 aromatic carbocycles. The van der Waals surface area contributed by atoms with E-state index in [0.717, 1.165) is 0 Å². The molecule has 0 atom stereocenters. The minimum atomic E-state index is -5.08. The minimum Gasteiger partial charge on any atom is -0.508 e. The lowest BCUT2D eigenvalue weighted by atomic mass is 10.1. The van der Waals surface area contributed by atoms with Gasteiger partial charge in [0.2, 0.25) is 5.88 Å². The number of phenols is 1.